The number of likely N-dealkylation sites (tertiary alicyclic amines) is 1. The van der Waals surface area contributed by atoms with Crippen molar-refractivity contribution in [1.29, 1.82) is 0 Å². The molecule has 1 fully saturated rings. The van der Waals surface area contributed by atoms with E-state index in [4.69, 9.17) is 17.3 Å². The molecule has 2 aromatic rings. The maximum absolute atomic E-state index is 14.4. The number of aromatic nitrogens is 4. The van der Waals surface area contributed by atoms with Crippen LogP contribution in [0.4, 0.5) is 4.39 Å². The van der Waals surface area contributed by atoms with E-state index < -0.39 is 23.7 Å². The summed E-state index contributed by atoms with van der Waals surface area (Å²) in [5.41, 5.74) is 5.69. The minimum absolute atomic E-state index is 0.0583. The molecule has 1 atom stereocenters. The summed E-state index contributed by atoms with van der Waals surface area (Å²) in [5.74, 6) is -1.68. The first kappa shape index (κ1) is 17.0. The first-order valence-corrected chi connectivity index (χ1v) is 7.86. The zero-order valence-corrected chi connectivity index (χ0v) is 13.7. The third-order valence-electron chi connectivity index (χ3n) is 3.96. The van der Waals surface area contributed by atoms with Crippen molar-refractivity contribution < 1.29 is 14.0 Å². The Kier molecular flexibility index (Phi) is 4.75. The van der Waals surface area contributed by atoms with Gasteiger partial charge in [-0.2, -0.15) is 4.68 Å². The molecular weight excluding hydrogens is 351 g/mol. The van der Waals surface area contributed by atoms with Crippen LogP contribution in [0.5, 0.6) is 0 Å². The highest BCUT2D eigenvalue weighted by Gasteiger charge is 2.31. The summed E-state index contributed by atoms with van der Waals surface area (Å²) >= 11 is 5.83. The summed E-state index contributed by atoms with van der Waals surface area (Å²) in [7, 11) is 0. The van der Waals surface area contributed by atoms with E-state index in [-0.39, 0.29) is 10.6 Å². The van der Waals surface area contributed by atoms with Gasteiger partial charge in [0.15, 0.2) is 5.82 Å². The predicted molar refractivity (Wildman–Crippen MR) is 87.1 cm³/mol. The second-order valence-electron chi connectivity index (χ2n) is 5.47. The average molecular weight is 365 g/mol. The van der Waals surface area contributed by atoms with Crippen molar-refractivity contribution in [2.75, 3.05) is 6.54 Å². The minimum atomic E-state index is -0.702. The maximum atomic E-state index is 14.4. The lowest BCUT2D eigenvalue weighted by Gasteiger charge is -2.20. The Bertz CT molecular complexity index is 839. The summed E-state index contributed by atoms with van der Waals surface area (Å²) in [6.45, 7) is 0.425. The van der Waals surface area contributed by atoms with Crippen LogP contribution >= 0.6 is 11.6 Å². The quantitative estimate of drug-likeness (QED) is 0.812. The van der Waals surface area contributed by atoms with E-state index in [0.717, 1.165) is 0 Å². The Hall–Kier alpha value is -2.81. The van der Waals surface area contributed by atoms with Gasteiger partial charge in [0, 0.05) is 18.2 Å². The average Bonchev–Trinajstić information content (AvgIpc) is 3.27. The fourth-order valence-electron chi connectivity index (χ4n) is 2.76. The zero-order valence-electron chi connectivity index (χ0n) is 13.0. The van der Waals surface area contributed by atoms with Gasteiger partial charge in [0.2, 0.25) is 11.8 Å². The molecule has 0 saturated carbocycles. The Morgan fingerprint density at radius 3 is 2.88 bits per heavy atom. The molecule has 8 nitrogen and oxygen atoms in total. The molecule has 0 bridgehead atoms. The molecule has 2 N–H and O–H groups in total. The van der Waals surface area contributed by atoms with E-state index >= 15 is 0 Å². The van der Waals surface area contributed by atoms with Crippen LogP contribution in [-0.2, 0) is 9.59 Å². The Balaban J connectivity index is 1.92. The first-order valence-electron chi connectivity index (χ1n) is 7.48. The molecule has 2 amide bonds. The van der Waals surface area contributed by atoms with Gasteiger partial charge < -0.3 is 10.6 Å². The van der Waals surface area contributed by atoms with Gasteiger partial charge in [-0.15, -0.1) is 5.10 Å². The van der Waals surface area contributed by atoms with Gasteiger partial charge in [0.1, 0.15) is 12.4 Å². The number of tetrazole rings is 1. The molecule has 1 aromatic heterocycles. The molecule has 25 heavy (non-hydrogen) atoms. The van der Waals surface area contributed by atoms with Crippen molar-refractivity contribution in [3.05, 3.63) is 40.9 Å². The smallest absolute Gasteiger partial charge is 0.247 e. The number of hydrogen-bond acceptors (Lipinski definition) is 5. The lowest BCUT2D eigenvalue weighted by molar-refractivity contribution is -0.133. The number of benzene rings is 1. The highest BCUT2D eigenvalue weighted by Crippen LogP contribution is 2.26. The lowest BCUT2D eigenvalue weighted by atomic mass is 10.1. The van der Waals surface area contributed by atoms with Crippen LogP contribution < -0.4 is 5.73 Å². The number of rotatable bonds is 4. The Labute approximate surface area is 147 Å². The third kappa shape index (κ3) is 3.36. The molecule has 0 spiro atoms. The van der Waals surface area contributed by atoms with E-state index in [1.54, 1.807) is 0 Å². The number of amides is 2. The van der Waals surface area contributed by atoms with Gasteiger partial charge in [-0.05, 0) is 41.5 Å². The van der Waals surface area contributed by atoms with E-state index in [2.05, 4.69) is 15.5 Å². The van der Waals surface area contributed by atoms with E-state index in [1.807, 2.05) is 0 Å². The standard InChI is InChI=1S/C15H14ClFN6O2/c16-10-4-5-11(23-8-19-20-21-23)9(14(10)17)3-6-13(24)22-7-1-2-12(22)15(18)25/h3-6,8,12H,1-2,7H2,(H2,18,25)/b6-3+. The summed E-state index contributed by atoms with van der Waals surface area (Å²) in [6, 6.07) is 2.27. The van der Waals surface area contributed by atoms with Crippen LogP contribution in [0.1, 0.15) is 18.4 Å². The highest BCUT2D eigenvalue weighted by atomic mass is 35.5. The number of hydrogen-bond donors (Lipinski definition) is 1. The SMILES string of the molecule is NC(=O)C1CCCN1C(=O)/C=C/c1c(-n2cnnn2)ccc(Cl)c1F. The molecule has 0 radical (unpaired) electrons. The number of nitrogens with two attached hydrogens (primary N) is 1. The number of carbonyl (C=O) groups is 2. The van der Waals surface area contributed by atoms with Crippen molar-refractivity contribution in [2.45, 2.75) is 18.9 Å². The number of primary amides is 1. The van der Waals surface area contributed by atoms with Crippen molar-refractivity contribution in [1.82, 2.24) is 25.1 Å². The second kappa shape index (κ2) is 6.98. The molecule has 130 valence electrons. The minimum Gasteiger partial charge on any atom is -0.368 e. The van der Waals surface area contributed by atoms with Crippen LogP contribution in [0.2, 0.25) is 5.02 Å². The molecule has 1 aromatic carbocycles. The van der Waals surface area contributed by atoms with Gasteiger partial charge in [-0.25, -0.2) is 4.39 Å². The molecular formula is C15H14ClFN6O2. The molecule has 2 heterocycles. The van der Waals surface area contributed by atoms with Gasteiger partial charge in [0.25, 0.3) is 0 Å². The number of nitrogens with zero attached hydrogens (tertiary/aromatic N) is 5. The normalized spacial score (nSPS) is 17.4. The predicted octanol–water partition coefficient (Wildman–Crippen LogP) is 0.944. The van der Waals surface area contributed by atoms with Crippen molar-refractivity contribution in [3.63, 3.8) is 0 Å². The Morgan fingerprint density at radius 1 is 1.40 bits per heavy atom. The van der Waals surface area contributed by atoms with Gasteiger partial charge in [-0.3, -0.25) is 9.59 Å². The summed E-state index contributed by atoms with van der Waals surface area (Å²) in [5, 5.41) is 10.6. The van der Waals surface area contributed by atoms with Crippen LogP contribution in [0.25, 0.3) is 11.8 Å². The molecule has 0 aliphatic carbocycles. The molecule has 3 rings (SSSR count). The fraction of sp³-hybridized carbons (Fsp3) is 0.267. The zero-order chi connectivity index (χ0) is 18.0. The Morgan fingerprint density at radius 2 is 2.20 bits per heavy atom. The van der Waals surface area contributed by atoms with Gasteiger partial charge >= 0.3 is 0 Å². The van der Waals surface area contributed by atoms with Crippen LogP contribution in [-0.4, -0.2) is 49.5 Å². The lowest BCUT2D eigenvalue weighted by Crippen LogP contribution is -2.43. The third-order valence-corrected chi connectivity index (χ3v) is 4.25. The van der Waals surface area contributed by atoms with Crippen LogP contribution in [0.15, 0.2) is 24.5 Å². The highest BCUT2D eigenvalue weighted by molar-refractivity contribution is 6.31. The van der Waals surface area contributed by atoms with Crippen molar-refractivity contribution in [3.8, 4) is 5.69 Å². The number of carbonyl (C=O) groups excluding carboxylic acids is 2. The first-order chi connectivity index (χ1) is 12.0. The summed E-state index contributed by atoms with van der Waals surface area (Å²) < 4.78 is 15.7. The molecule has 1 aliphatic heterocycles. The van der Waals surface area contributed by atoms with Gasteiger partial charge in [-0.1, -0.05) is 11.6 Å². The summed E-state index contributed by atoms with van der Waals surface area (Å²) in [6.07, 6.45) is 4.98. The molecule has 1 unspecified atom stereocenters. The second-order valence-corrected chi connectivity index (χ2v) is 5.88. The van der Waals surface area contributed by atoms with E-state index in [9.17, 15) is 14.0 Å². The van der Waals surface area contributed by atoms with Gasteiger partial charge in [0.05, 0.1) is 10.7 Å². The van der Waals surface area contributed by atoms with Crippen molar-refractivity contribution >= 4 is 29.5 Å². The maximum Gasteiger partial charge on any atom is 0.247 e. The number of halogens is 2. The van der Waals surface area contributed by atoms with E-state index in [1.165, 1.54) is 40.2 Å². The fourth-order valence-corrected chi connectivity index (χ4v) is 2.93. The molecule has 10 heteroatoms. The van der Waals surface area contributed by atoms with E-state index in [0.29, 0.717) is 25.1 Å². The molecule has 1 saturated heterocycles. The summed E-state index contributed by atoms with van der Waals surface area (Å²) in [4.78, 5) is 25.1. The largest absolute Gasteiger partial charge is 0.368 e. The van der Waals surface area contributed by atoms with Crippen molar-refractivity contribution in [2.24, 2.45) is 5.73 Å². The topological polar surface area (TPSA) is 107 Å². The van der Waals surface area contributed by atoms with Crippen LogP contribution in [0.3, 0.4) is 0 Å². The monoisotopic (exact) mass is 364 g/mol. The molecule has 1 aliphatic rings. The van der Waals surface area contributed by atoms with Crippen LogP contribution in [0, 0.1) is 5.82 Å².